The Hall–Kier alpha value is -2.66. The Labute approximate surface area is 138 Å². The molecule has 1 aromatic heterocycles. The van der Waals surface area contributed by atoms with E-state index in [0.717, 1.165) is 16.9 Å². The van der Waals surface area contributed by atoms with Crippen molar-refractivity contribution in [2.24, 2.45) is 0 Å². The third-order valence-corrected chi connectivity index (χ3v) is 4.18. The number of benzene rings is 2. The molecule has 4 nitrogen and oxygen atoms in total. The Kier molecular flexibility index (Phi) is 4.39. The highest BCUT2D eigenvalue weighted by Gasteiger charge is 2.10. The van der Waals surface area contributed by atoms with E-state index in [0.29, 0.717) is 11.6 Å². The minimum Gasteiger partial charge on any atom is -0.489 e. The maximum atomic E-state index is 10.9. The molecule has 0 aliphatic rings. The quantitative estimate of drug-likeness (QED) is 0.755. The average molecular weight is 325 g/mol. The first-order valence-corrected chi connectivity index (χ1v) is 7.97. The summed E-state index contributed by atoms with van der Waals surface area (Å²) >= 11 is 1.31. The normalized spacial score (nSPS) is 10.5. The van der Waals surface area contributed by atoms with Crippen molar-refractivity contribution >= 4 is 17.3 Å². The van der Waals surface area contributed by atoms with Crippen LogP contribution in [0.5, 0.6) is 5.75 Å². The number of aromatic nitrogens is 1. The fraction of sp³-hybridized carbons (Fsp3) is 0.111. The molecule has 23 heavy (non-hydrogen) atoms. The molecule has 0 atom stereocenters. The fourth-order valence-electron chi connectivity index (χ4n) is 2.19. The van der Waals surface area contributed by atoms with Crippen molar-refractivity contribution in [3.63, 3.8) is 0 Å². The number of hydrogen-bond acceptors (Lipinski definition) is 4. The van der Waals surface area contributed by atoms with E-state index in [4.69, 9.17) is 9.84 Å². The van der Waals surface area contributed by atoms with Crippen LogP contribution >= 0.6 is 11.3 Å². The van der Waals surface area contributed by atoms with Crippen LogP contribution in [0.2, 0.25) is 0 Å². The van der Waals surface area contributed by atoms with Crippen LogP contribution in [0.15, 0.2) is 53.9 Å². The second-order valence-corrected chi connectivity index (χ2v) is 6.01. The molecule has 5 heteroatoms. The molecule has 2 aromatic carbocycles. The lowest BCUT2D eigenvalue weighted by Crippen LogP contribution is -1.96. The van der Waals surface area contributed by atoms with Gasteiger partial charge in [0, 0.05) is 10.9 Å². The van der Waals surface area contributed by atoms with E-state index in [2.05, 4.69) is 11.1 Å². The molecule has 0 aliphatic carbocycles. The van der Waals surface area contributed by atoms with Gasteiger partial charge in [-0.1, -0.05) is 42.0 Å². The van der Waals surface area contributed by atoms with Crippen molar-refractivity contribution in [3.05, 3.63) is 70.7 Å². The van der Waals surface area contributed by atoms with Gasteiger partial charge >= 0.3 is 5.97 Å². The van der Waals surface area contributed by atoms with Crippen LogP contribution < -0.4 is 4.74 Å². The monoisotopic (exact) mass is 325 g/mol. The summed E-state index contributed by atoms with van der Waals surface area (Å²) in [4.78, 5) is 15.0. The average Bonchev–Trinajstić information content (AvgIpc) is 3.04. The molecule has 0 radical (unpaired) electrons. The molecular formula is C18H15NO3S. The van der Waals surface area contributed by atoms with Crippen molar-refractivity contribution in [1.82, 2.24) is 4.98 Å². The second kappa shape index (κ2) is 6.62. The lowest BCUT2D eigenvalue weighted by atomic mass is 10.1. The van der Waals surface area contributed by atoms with Gasteiger partial charge in [-0.15, -0.1) is 11.3 Å². The number of thiazole rings is 1. The Morgan fingerprint density at radius 3 is 2.78 bits per heavy atom. The number of hydrogen-bond donors (Lipinski definition) is 1. The lowest BCUT2D eigenvalue weighted by Gasteiger charge is -2.08. The first-order chi connectivity index (χ1) is 11.1. The van der Waals surface area contributed by atoms with Gasteiger partial charge in [-0.3, -0.25) is 0 Å². The highest BCUT2D eigenvalue weighted by Crippen LogP contribution is 2.27. The molecule has 0 spiro atoms. The fourth-order valence-corrected chi connectivity index (χ4v) is 2.98. The summed E-state index contributed by atoms with van der Waals surface area (Å²) in [6.07, 6.45) is 0. The number of carboxylic acids is 1. The van der Waals surface area contributed by atoms with Crippen LogP contribution in [0, 0.1) is 6.92 Å². The standard InChI is InChI=1S/C18H15NO3S/c1-12-4-2-5-13(8-12)10-22-15-7-3-6-14(9-15)17-19-16(11-23-17)18(20)21/h2-9,11H,10H2,1H3,(H,20,21). The van der Waals surface area contributed by atoms with Gasteiger partial charge < -0.3 is 9.84 Å². The molecule has 0 amide bonds. The van der Waals surface area contributed by atoms with Crippen molar-refractivity contribution in [1.29, 1.82) is 0 Å². The van der Waals surface area contributed by atoms with Gasteiger partial charge in [0.15, 0.2) is 5.69 Å². The van der Waals surface area contributed by atoms with E-state index in [-0.39, 0.29) is 5.69 Å². The number of nitrogens with zero attached hydrogens (tertiary/aromatic N) is 1. The van der Waals surface area contributed by atoms with E-state index in [1.807, 2.05) is 49.4 Å². The van der Waals surface area contributed by atoms with Gasteiger partial charge in [0.1, 0.15) is 17.4 Å². The van der Waals surface area contributed by atoms with Crippen LogP contribution in [0.4, 0.5) is 0 Å². The summed E-state index contributed by atoms with van der Waals surface area (Å²) in [5.41, 5.74) is 3.22. The van der Waals surface area contributed by atoms with Crippen molar-refractivity contribution in [3.8, 4) is 16.3 Å². The van der Waals surface area contributed by atoms with Crippen molar-refractivity contribution in [2.45, 2.75) is 13.5 Å². The zero-order valence-corrected chi connectivity index (χ0v) is 13.3. The van der Waals surface area contributed by atoms with E-state index in [9.17, 15) is 4.79 Å². The largest absolute Gasteiger partial charge is 0.489 e. The summed E-state index contributed by atoms with van der Waals surface area (Å²) in [6, 6.07) is 15.7. The SMILES string of the molecule is Cc1cccc(COc2cccc(-c3nc(C(=O)O)cs3)c2)c1. The zero-order valence-electron chi connectivity index (χ0n) is 12.5. The first-order valence-electron chi connectivity index (χ1n) is 7.09. The summed E-state index contributed by atoms with van der Waals surface area (Å²) in [5.74, 6) is -0.282. The minimum absolute atomic E-state index is 0.0658. The molecular weight excluding hydrogens is 310 g/mol. The Morgan fingerprint density at radius 1 is 1.22 bits per heavy atom. The highest BCUT2D eigenvalue weighted by atomic mass is 32.1. The van der Waals surface area contributed by atoms with Gasteiger partial charge in [0.25, 0.3) is 0 Å². The van der Waals surface area contributed by atoms with Crippen LogP contribution in [0.25, 0.3) is 10.6 Å². The summed E-state index contributed by atoms with van der Waals surface area (Å²) in [6.45, 7) is 2.54. The third-order valence-electron chi connectivity index (χ3n) is 3.29. The van der Waals surface area contributed by atoms with E-state index < -0.39 is 5.97 Å². The first kappa shape index (κ1) is 15.2. The van der Waals surface area contributed by atoms with Gasteiger partial charge in [-0.25, -0.2) is 9.78 Å². The number of rotatable bonds is 5. The zero-order chi connectivity index (χ0) is 16.2. The highest BCUT2D eigenvalue weighted by molar-refractivity contribution is 7.13. The number of aromatic carboxylic acids is 1. The predicted molar refractivity (Wildman–Crippen MR) is 90.0 cm³/mol. The number of carboxylic acid groups (broad SMARTS) is 1. The Balaban J connectivity index is 1.75. The van der Waals surface area contributed by atoms with E-state index in [1.54, 1.807) is 0 Å². The molecule has 1 heterocycles. The molecule has 0 bridgehead atoms. The summed E-state index contributed by atoms with van der Waals surface area (Å²) < 4.78 is 5.82. The smallest absolute Gasteiger partial charge is 0.355 e. The van der Waals surface area contributed by atoms with E-state index in [1.165, 1.54) is 22.3 Å². The molecule has 0 aliphatic heterocycles. The molecule has 3 aromatic rings. The maximum absolute atomic E-state index is 10.9. The van der Waals surface area contributed by atoms with Gasteiger partial charge in [-0.2, -0.15) is 0 Å². The van der Waals surface area contributed by atoms with Crippen LogP contribution in [0.1, 0.15) is 21.6 Å². The van der Waals surface area contributed by atoms with Crippen LogP contribution in [-0.2, 0) is 6.61 Å². The summed E-state index contributed by atoms with van der Waals surface area (Å²) in [5, 5.41) is 11.2. The molecule has 0 saturated heterocycles. The van der Waals surface area contributed by atoms with Crippen LogP contribution in [0.3, 0.4) is 0 Å². The molecule has 116 valence electrons. The van der Waals surface area contributed by atoms with Crippen LogP contribution in [-0.4, -0.2) is 16.1 Å². The van der Waals surface area contributed by atoms with E-state index >= 15 is 0 Å². The lowest BCUT2D eigenvalue weighted by molar-refractivity contribution is 0.0691. The number of aryl methyl sites for hydroxylation is 1. The Bertz CT molecular complexity index is 842. The van der Waals surface area contributed by atoms with Gasteiger partial charge in [0.2, 0.25) is 0 Å². The topological polar surface area (TPSA) is 59.4 Å². The van der Waals surface area contributed by atoms with Crippen molar-refractivity contribution < 1.29 is 14.6 Å². The van der Waals surface area contributed by atoms with Crippen molar-refractivity contribution in [2.75, 3.05) is 0 Å². The predicted octanol–water partition coefficient (Wildman–Crippen LogP) is 4.40. The van der Waals surface area contributed by atoms with Gasteiger partial charge in [-0.05, 0) is 24.6 Å². The molecule has 0 saturated carbocycles. The second-order valence-electron chi connectivity index (χ2n) is 5.15. The molecule has 0 fully saturated rings. The number of carbonyl (C=O) groups is 1. The molecule has 3 rings (SSSR count). The Morgan fingerprint density at radius 2 is 2.04 bits per heavy atom. The molecule has 0 unspecified atom stereocenters. The number of ether oxygens (including phenoxy) is 1. The third kappa shape index (κ3) is 3.76. The van der Waals surface area contributed by atoms with Gasteiger partial charge in [0.05, 0.1) is 0 Å². The molecule has 1 N–H and O–H groups in total. The maximum Gasteiger partial charge on any atom is 0.355 e. The minimum atomic E-state index is -1.01. The summed E-state index contributed by atoms with van der Waals surface area (Å²) in [7, 11) is 0.